The van der Waals surface area contributed by atoms with E-state index in [0.29, 0.717) is 32.1 Å². The Morgan fingerprint density at radius 2 is 2.06 bits per heavy atom. The molecular formula is C22H29ClFN5O4. The topological polar surface area (TPSA) is 118 Å². The van der Waals surface area contributed by atoms with Crippen LogP contribution in [-0.2, 0) is 4.79 Å². The Morgan fingerprint density at radius 3 is 2.70 bits per heavy atom. The van der Waals surface area contributed by atoms with Gasteiger partial charge in [-0.2, -0.15) is 4.98 Å². The van der Waals surface area contributed by atoms with Crippen LogP contribution in [0.2, 0.25) is 5.02 Å². The number of hydrogen-bond donors (Lipinski definition) is 2. The smallest absolute Gasteiger partial charge is 0.266 e. The summed E-state index contributed by atoms with van der Waals surface area (Å²) in [4.78, 5) is 20.9. The van der Waals surface area contributed by atoms with E-state index in [2.05, 4.69) is 24.0 Å². The Balaban J connectivity index is 1.37. The second-order valence-corrected chi connectivity index (χ2v) is 9.90. The fraction of sp³-hybridized carbons (Fsp3) is 0.591. The average Bonchev–Trinajstić information content (AvgIpc) is 3.27. The summed E-state index contributed by atoms with van der Waals surface area (Å²) in [6.45, 7) is 6.40. The SMILES string of the molecule is CC1(C)CC(C(=O)N2CCN(c3noc(-c4cc(F)c(OC[C@@H](N)CO)cc4Cl)n3)CC2)C1. The van der Waals surface area contributed by atoms with Crippen LogP contribution in [0.25, 0.3) is 11.5 Å². The number of carbonyl (C=O) groups excluding carboxylic acids is 1. The molecule has 4 rings (SSSR count). The molecule has 11 heteroatoms. The van der Waals surface area contributed by atoms with E-state index < -0.39 is 11.9 Å². The third kappa shape index (κ3) is 5.23. The summed E-state index contributed by atoms with van der Waals surface area (Å²) in [7, 11) is 0. The van der Waals surface area contributed by atoms with Gasteiger partial charge in [-0.25, -0.2) is 4.39 Å². The summed E-state index contributed by atoms with van der Waals surface area (Å²) in [5, 5.41) is 13.2. The Labute approximate surface area is 196 Å². The van der Waals surface area contributed by atoms with Crippen molar-refractivity contribution in [3.8, 4) is 17.2 Å². The second kappa shape index (κ2) is 9.44. The summed E-state index contributed by atoms with van der Waals surface area (Å²) in [5.74, 6) is 0.0721. The standard InChI is InChI=1S/C22H29ClFN5O4/c1-22(2)9-13(10-22)20(31)28-3-5-29(6-4-28)21-26-19(33-27-21)15-7-17(24)18(8-16(15)23)32-12-14(25)11-30/h7-8,13-14,30H,3-6,9-12,25H2,1-2H3/t14-/m0/s1. The summed E-state index contributed by atoms with van der Waals surface area (Å²) < 4.78 is 25.1. The predicted molar refractivity (Wildman–Crippen MR) is 121 cm³/mol. The number of amides is 1. The Hall–Kier alpha value is -2.43. The molecule has 33 heavy (non-hydrogen) atoms. The summed E-state index contributed by atoms with van der Waals surface area (Å²) in [6.07, 6.45) is 1.88. The lowest BCUT2D eigenvalue weighted by Gasteiger charge is -2.45. The van der Waals surface area contributed by atoms with Crippen LogP contribution in [0.3, 0.4) is 0 Å². The molecule has 1 saturated carbocycles. The fourth-order valence-corrected chi connectivity index (χ4v) is 4.57. The second-order valence-electron chi connectivity index (χ2n) is 9.50. The highest BCUT2D eigenvalue weighted by atomic mass is 35.5. The highest BCUT2D eigenvalue weighted by Crippen LogP contribution is 2.45. The lowest BCUT2D eigenvalue weighted by molar-refractivity contribution is -0.142. The van der Waals surface area contributed by atoms with Gasteiger partial charge in [0, 0.05) is 38.2 Å². The Morgan fingerprint density at radius 1 is 1.36 bits per heavy atom. The molecule has 1 atom stereocenters. The van der Waals surface area contributed by atoms with Crippen molar-refractivity contribution in [1.29, 1.82) is 0 Å². The molecule has 9 nitrogen and oxygen atoms in total. The van der Waals surface area contributed by atoms with Gasteiger partial charge in [-0.1, -0.05) is 25.4 Å². The largest absolute Gasteiger partial charge is 0.489 e. The lowest BCUT2D eigenvalue weighted by Crippen LogP contribution is -2.53. The number of aromatic nitrogens is 2. The van der Waals surface area contributed by atoms with Crippen molar-refractivity contribution >= 4 is 23.5 Å². The van der Waals surface area contributed by atoms with Gasteiger partial charge >= 0.3 is 0 Å². The fourth-order valence-electron chi connectivity index (χ4n) is 4.34. The minimum Gasteiger partial charge on any atom is -0.489 e. The van der Waals surface area contributed by atoms with Gasteiger partial charge in [-0.05, 0) is 29.5 Å². The first-order valence-electron chi connectivity index (χ1n) is 11.0. The molecule has 1 aliphatic carbocycles. The van der Waals surface area contributed by atoms with Crippen molar-refractivity contribution in [1.82, 2.24) is 15.0 Å². The summed E-state index contributed by atoms with van der Waals surface area (Å²) in [5.41, 5.74) is 6.08. The first-order valence-corrected chi connectivity index (χ1v) is 11.4. The molecular weight excluding hydrogens is 453 g/mol. The van der Waals surface area contributed by atoms with Gasteiger partial charge in [0.1, 0.15) is 6.61 Å². The maximum Gasteiger partial charge on any atom is 0.266 e. The van der Waals surface area contributed by atoms with E-state index in [-0.39, 0.29) is 52.7 Å². The molecule has 1 saturated heterocycles. The summed E-state index contributed by atoms with van der Waals surface area (Å²) in [6, 6.07) is 1.85. The van der Waals surface area contributed by atoms with Gasteiger partial charge in [0.15, 0.2) is 11.6 Å². The monoisotopic (exact) mass is 481 g/mol. The number of aliphatic hydroxyl groups is 1. The molecule has 1 aliphatic heterocycles. The normalized spacial score (nSPS) is 19.3. The van der Waals surface area contributed by atoms with Gasteiger partial charge in [0.2, 0.25) is 5.91 Å². The molecule has 0 radical (unpaired) electrons. The van der Waals surface area contributed by atoms with Crippen molar-refractivity contribution < 1.29 is 23.6 Å². The zero-order valence-electron chi connectivity index (χ0n) is 18.8. The first-order chi connectivity index (χ1) is 15.7. The van der Waals surface area contributed by atoms with Crippen LogP contribution < -0.4 is 15.4 Å². The number of ether oxygens (including phenoxy) is 1. The van der Waals surface area contributed by atoms with Crippen molar-refractivity contribution in [2.24, 2.45) is 17.1 Å². The van der Waals surface area contributed by atoms with Crippen LogP contribution in [0.15, 0.2) is 16.7 Å². The van der Waals surface area contributed by atoms with Crippen LogP contribution in [0.4, 0.5) is 10.3 Å². The van der Waals surface area contributed by atoms with Gasteiger partial charge in [-0.15, -0.1) is 0 Å². The molecule has 0 spiro atoms. The molecule has 180 valence electrons. The molecule has 2 fully saturated rings. The van der Waals surface area contributed by atoms with Crippen molar-refractivity contribution in [3.63, 3.8) is 0 Å². The maximum absolute atomic E-state index is 14.5. The van der Waals surface area contributed by atoms with Crippen molar-refractivity contribution in [2.75, 3.05) is 44.3 Å². The Bertz CT molecular complexity index is 1000. The molecule has 1 aromatic heterocycles. The highest BCUT2D eigenvalue weighted by Gasteiger charge is 2.42. The van der Waals surface area contributed by atoms with Crippen molar-refractivity contribution in [3.05, 3.63) is 23.0 Å². The molecule has 2 aliphatic rings. The number of halogens is 2. The van der Waals surface area contributed by atoms with E-state index in [4.69, 9.17) is 31.7 Å². The minimum atomic E-state index is -0.661. The Kier molecular flexibility index (Phi) is 6.78. The number of anilines is 1. The van der Waals surface area contributed by atoms with E-state index in [1.54, 1.807) is 0 Å². The molecule has 2 aromatic rings. The van der Waals surface area contributed by atoms with Crippen LogP contribution in [0.5, 0.6) is 5.75 Å². The number of piperazine rings is 1. The van der Waals surface area contributed by atoms with Gasteiger partial charge in [0.05, 0.1) is 23.2 Å². The van der Waals surface area contributed by atoms with E-state index in [0.717, 1.165) is 18.9 Å². The van der Waals surface area contributed by atoms with Crippen LogP contribution in [-0.4, -0.2) is 71.5 Å². The number of rotatable bonds is 7. The number of nitrogens with two attached hydrogens (primary N) is 1. The van der Waals surface area contributed by atoms with Crippen LogP contribution in [0.1, 0.15) is 26.7 Å². The number of nitrogens with zero attached hydrogens (tertiary/aromatic N) is 4. The van der Waals surface area contributed by atoms with E-state index >= 15 is 0 Å². The number of carbonyl (C=O) groups is 1. The highest BCUT2D eigenvalue weighted by molar-refractivity contribution is 6.33. The first kappa shape index (κ1) is 23.7. The van der Waals surface area contributed by atoms with Crippen LogP contribution in [0, 0.1) is 17.2 Å². The third-order valence-corrected chi connectivity index (χ3v) is 6.49. The third-order valence-electron chi connectivity index (χ3n) is 6.18. The molecule has 1 amide bonds. The molecule has 3 N–H and O–H groups in total. The van der Waals surface area contributed by atoms with Gasteiger partial charge < -0.3 is 29.9 Å². The maximum atomic E-state index is 14.5. The van der Waals surface area contributed by atoms with Gasteiger partial charge in [-0.3, -0.25) is 4.79 Å². The molecule has 2 heterocycles. The van der Waals surface area contributed by atoms with Crippen molar-refractivity contribution in [2.45, 2.75) is 32.7 Å². The predicted octanol–water partition coefficient (Wildman–Crippen LogP) is 2.31. The van der Waals surface area contributed by atoms with E-state index in [9.17, 15) is 9.18 Å². The van der Waals surface area contributed by atoms with Crippen LogP contribution >= 0.6 is 11.6 Å². The lowest BCUT2D eigenvalue weighted by atomic mass is 9.64. The van der Waals surface area contributed by atoms with E-state index in [1.807, 2.05) is 9.80 Å². The molecule has 0 bridgehead atoms. The molecule has 0 unspecified atom stereocenters. The number of benzene rings is 1. The zero-order chi connectivity index (χ0) is 23.8. The average molecular weight is 482 g/mol. The molecule has 1 aromatic carbocycles. The minimum absolute atomic E-state index is 0.0548. The number of hydrogen-bond acceptors (Lipinski definition) is 8. The van der Waals surface area contributed by atoms with Gasteiger partial charge in [0.25, 0.3) is 11.8 Å². The zero-order valence-corrected chi connectivity index (χ0v) is 19.5. The quantitative estimate of drug-likeness (QED) is 0.618. The summed E-state index contributed by atoms with van der Waals surface area (Å²) >= 11 is 6.29. The van der Waals surface area contributed by atoms with E-state index in [1.165, 1.54) is 6.07 Å². The number of aliphatic hydroxyl groups excluding tert-OH is 1.